The summed E-state index contributed by atoms with van der Waals surface area (Å²) in [6, 6.07) is 3.57. The fraction of sp³-hybridized carbons (Fsp3) is 0. The van der Waals surface area contributed by atoms with E-state index in [9.17, 15) is 8.78 Å². The quantitative estimate of drug-likeness (QED) is 0.799. The first-order chi connectivity index (χ1) is 6.66. The summed E-state index contributed by atoms with van der Waals surface area (Å²) < 4.78 is 30.0. The van der Waals surface area contributed by atoms with Gasteiger partial charge >= 0.3 is 0 Å². The van der Waals surface area contributed by atoms with E-state index in [1.54, 1.807) is 0 Å². The van der Waals surface area contributed by atoms with Crippen LogP contribution >= 0.6 is 27.5 Å². The van der Waals surface area contributed by atoms with Crippen molar-refractivity contribution in [1.82, 2.24) is 9.36 Å². The monoisotopic (exact) mass is 276 g/mol. The molecule has 1 aromatic carbocycles. The van der Waals surface area contributed by atoms with Gasteiger partial charge in [0, 0.05) is 5.56 Å². The van der Waals surface area contributed by atoms with E-state index in [1.165, 1.54) is 6.07 Å². The Morgan fingerprint density at radius 2 is 2.00 bits per heavy atom. The van der Waals surface area contributed by atoms with Crippen LogP contribution in [0, 0.1) is 11.6 Å². The van der Waals surface area contributed by atoms with Gasteiger partial charge in [-0.2, -0.15) is 4.37 Å². The molecule has 0 bridgehead atoms. The molecule has 0 aliphatic heterocycles. The van der Waals surface area contributed by atoms with Crippen LogP contribution in [0.2, 0.25) is 0 Å². The standard InChI is InChI=1S/C8H3BrF2N2S/c9-8-12-7(13-14-8)4-1-2-5(10)6(11)3-4/h1-3H. The molecule has 0 aliphatic carbocycles. The minimum Gasteiger partial charge on any atom is -0.208 e. The second kappa shape index (κ2) is 3.70. The van der Waals surface area contributed by atoms with Gasteiger partial charge in [0.05, 0.1) is 0 Å². The first kappa shape index (κ1) is 9.67. The van der Waals surface area contributed by atoms with Crippen molar-refractivity contribution in [2.45, 2.75) is 0 Å². The predicted molar refractivity (Wildman–Crippen MR) is 53.0 cm³/mol. The zero-order valence-electron chi connectivity index (χ0n) is 6.67. The first-order valence-corrected chi connectivity index (χ1v) is 5.18. The van der Waals surface area contributed by atoms with Crippen LogP contribution in [0.5, 0.6) is 0 Å². The average molecular weight is 277 g/mol. The first-order valence-electron chi connectivity index (χ1n) is 3.61. The number of halogens is 3. The van der Waals surface area contributed by atoms with Crippen molar-refractivity contribution in [2.75, 3.05) is 0 Å². The third-order valence-corrected chi connectivity index (χ3v) is 2.70. The summed E-state index contributed by atoms with van der Waals surface area (Å²) in [6.45, 7) is 0. The summed E-state index contributed by atoms with van der Waals surface area (Å²) in [4.78, 5) is 3.99. The summed E-state index contributed by atoms with van der Waals surface area (Å²) in [5.41, 5.74) is 0.464. The van der Waals surface area contributed by atoms with Crippen molar-refractivity contribution in [3.8, 4) is 11.4 Å². The van der Waals surface area contributed by atoms with Crippen LogP contribution in [0.4, 0.5) is 8.78 Å². The zero-order chi connectivity index (χ0) is 10.1. The van der Waals surface area contributed by atoms with Gasteiger partial charge in [-0.15, -0.1) is 0 Å². The highest BCUT2D eigenvalue weighted by Gasteiger charge is 2.08. The summed E-state index contributed by atoms with van der Waals surface area (Å²) in [7, 11) is 0. The molecule has 1 heterocycles. The number of hydrogen-bond acceptors (Lipinski definition) is 3. The van der Waals surface area contributed by atoms with Gasteiger partial charge in [-0.25, -0.2) is 13.8 Å². The molecule has 0 radical (unpaired) electrons. The minimum absolute atomic E-state index is 0.390. The van der Waals surface area contributed by atoms with Crippen LogP contribution in [0.3, 0.4) is 0 Å². The molecule has 2 aromatic rings. The normalized spacial score (nSPS) is 10.5. The van der Waals surface area contributed by atoms with E-state index in [2.05, 4.69) is 25.3 Å². The topological polar surface area (TPSA) is 25.8 Å². The van der Waals surface area contributed by atoms with Crippen molar-refractivity contribution in [3.05, 3.63) is 33.8 Å². The van der Waals surface area contributed by atoms with Gasteiger partial charge in [0.15, 0.2) is 21.4 Å². The second-order valence-corrected chi connectivity index (χ2v) is 4.53. The lowest BCUT2D eigenvalue weighted by molar-refractivity contribution is 0.509. The fourth-order valence-electron chi connectivity index (χ4n) is 0.957. The van der Waals surface area contributed by atoms with E-state index < -0.39 is 11.6 Å². The Labute approximate surface area is 90.9 Å². The molecule has 0 saturated carbocycles. The number of nitrogens with zero attached hydrogens (tertiary/aromatic N) is 2. The van der Waals surface area contributed by atoms with E-state index in [1.807, 2.05) is 0 Å². The van der Waals surface area contributed by atoms with Crippen molar-refractivity contribution in [1.29, 1.82) is 0 Å². The molecular formula is C8H3BrF2N2S. The average Bonchev–Trinajstić information content (AvgIpc) is 2.57. The second-order valence-electron chi connectivity index (χ2n) is 2.50. The molecule has 0 atom stereocenters. The minimum atomic E-state index is -0.895. The molecule has 0 saturated heterocycles. The Morgan fingerprint density at radius 3 is 2.57 bits per heavy atom. The number of rotatable bonds is 1. The lowest BCUT2D eigenvalue weighted by Crippen LogP contribution is -1.86. The van der Waals surface area contributed by atoms with E-state index in [0.29, 0.717) is 15.3 Å². The molecule has 2 rings (SSSR count). The lowest BCUT2D eigenvalue weighted by atomic mass is 10.2. The van der Waals surface area contributed by atoms with Crippen molar-refractivity contribution < 1.29 is 8.78 Å². The van der Waals surface area contributed by atoms with Crippen LogP contribution in [0.1, 0.15) is 0 Å². The van der Waals surface area contributed by atoms with Gasteiger partial charge in [-0.3, -0.25) is 0 Å². The molecule has 14 heavy (non-hydrogen) atoms. The molecule has 0 spiro atoms. The SMILES string of the molecule is Fc1ccc(-c2nsc(Br)n2)cc1F. The number of hydrogen-bond donors (Lipinski definition) is 0. The maximum atomic E-state index is 12.8. The Balaban J connectivity index is 2.47. The van der Waals surface area contributed by atoms with Crippen molar-refractivity contribution >= 4 is 27.5 Å². The van der Waals surface area contributed by atoms with Gasteiger partial charge in [0.1, 0.15) is 0 Å². The van der Waals surface area contributed by atoms with Gasteiger partial charge in [-0.05, 0) is 45.7 Å². The Hall–Kier alpha value is -0.880. The van der Waals surface area contributed by atoms with Crippen LogP contribution in [-0.4, -0.2) is 9.36 Å². The Morgan fingerprint density at radius 1 is 1.21 bits per heavy atom. The molecule has 0 aliphatic rings. The molecule has 0 unspecified atom stereocenters. The molecule has 2 nitrogen and oxygen atoms in total. The Bertz CT molecular complexity index is 472. The number of aromatic nitrogens is 2. The van der Waals surface area contributed by atoms with Crippen molar-refractivity contribution in [3.63, 3.8) is 0 Å². The summed E-state index contributed by atoms with van der Waals surface area (Å²) in [5.74, 6) is -1.38. The molecule has 72 valence electrons. The molecule has 0 amide bonds. The molecule has 0 fully saturated rings. The third kappa shape index (κ3) is 1.80. The fourth-order valence-corrected chi connectivity index (χ4v) is 1.78. The molecule has 1 aromatic heterocycles. The van der Waals surface area contributed by atoms with Crippen LogP contribution in [0.15, 0.2) is 22.1 Å². The van der Waals surface area contributed by atoms with Crippen LogP contribution < -0.4 is 0 Å². The lowest BCUT2D eigenvalue weighted by Gasteiger charge is -1.95. The molecular weight excluding hydrogens is 274 g/mol. The maximum absolute atomic E-state index is 12.8. The van der Waals surface area contributed by atoms with E-state index >= 15 is 0 Å². The van der Waals surface area contributed by atoms with E-state index in [0.717, 1.165) is 23.7 Å². The molecule has 0 N–H and O–H groups in total. The predicted octanol–water partition coefficient (Wildman–Crippen LogP) is 3.25. The number of benzene rings is 1. The van der Waals surface area contributed by atoms with Gasteiger partial charge in [0.25, 0.3) is 0 Å². The molecule has 6 heteroatoms. The third-order valence-electron chi connectivity index (χ3n) is 1.58. The van der Waals surface area contributed by atoms with Crippen LogP contribution in [-0.2, 0) is 0 Å². The highest BCUT2D eigenvalue weighted by Crippen LogP contribution is 2.22. The summed E-state index contributed by atoms with van der Waals surface area (Å²) >= 11 is 4.29. The van der Waals surface area contributed by atoms with Gasteiger partial charge in [0.2, 0.25) is 0 Å². The van der Waals surface area contributed by atoms with Crippen LogP contribution in [0.25, 0.3) is 11.4 Å². The summed E-state index contributed by atoms with van der Waals surface area (Å²) in [6.07, 6.45) is 0. The largest absolute Gasteiger partial charge is 0.208 e. The Kier molecular flexibility index (Phi) is 2.56. The zero-order valence-corrected chi connectivity index (χ0v) is 9.07. The van der Waals surface area contributed by atoms with Gasteiger partial charge < -0.3 is 0 Å². The van der Waals surface area contributed by atoms with E-state index in [-0.39, 0.29) is 0 Å². The smallest absolute Gasteiger partial charge is 0.179 e. The van der Waals surface area contributed by atoms with Crippen molar-refractivity contribution in [2.24, 2.45) is 0 Å². The highest BCUT2D eigenvalue weighted by molar-refractivity contribution is 9.11. The van der Waals surface area contributed by atoms with Gasteiger partial charge in [-0.1, -0.05) is 0 Å². The maximum Gasteiger partial charge on any atom is 0.179 e. The summed E-state index contributed by atoms with van der Waals surface area (Å²) in [5, 5.41) is 0. The highest BCUT2D eigenvalue weighted by atomic mass is 79.9. The van der Waals surface area contributed by atoms with E-state index in [4.69, 9.17) is 0 Å².